The third kappa shape index (κ3) is 6.09. The van der Waals surface area contributed by atoms with Gasteiger partial charge in [-0.25, -0.2) is 0 Å². The Labute approximate surface area is 258 Å². The van der Waals surface area contributed by atoms with Crippen LogP contribution in [0.2, 0.25) is 10.0 Å². The van der Waals surface area contributed by atoms with Crippen molar-refractivity contribution in [3.05, 3.63) is 118 Å². The van der Waals surface area contributed by atoms with E-state index in [4.69, 9.17) is 23.2 Å². The number of carbonyl (C=O) groups is 1. The average molecular weight is 602 g/mol. The zero-order valence-electron chi connectivity index (χ0n) is 23.9. The average Bonchev–Trinajstić information content (AvgIpc) is 3.03. The smallest absolute Gasteiger partial charge is 0.253 e. The number of hydrogen-bond donors (Lipinski definition) is 1. The van der Waals surface area contributed by atoms with Gasteiger partial charge in [-0.3, -0.25) is 4.79 Å². The van der Waals surface area contributed by atoms with E-state index in [2.05, 4.69) is 23.1 Å². The summed E-state index contributed by atoms with van der Waals surface area (Å²) in [4.78, 5) is 18.3. The number of amides is 1. The number of hydrogen-bond acceptors (Lipinski definition) is 3. The molecule has 1 amide bonds. The molecule has 0 saturated carbocycles. The van der Waals surface area contributed by atoms with Crippen LogP contribution in [0.5, 0.6) is 0 Å². The summed E-state index contributed by atoms with van der Waals surface area (Å²) in [6.45, 7) is 4.12. The molecule has 4 aromatic rings. The zero-order valence-corrected chi connectivity index (χ0v) is 25.5. The topological polar surface area (TPSA) is 43.8 Å². The van der Waals surface area contributed by atoms with Gasteiger partial charge >= 0.3 is 0 Å². The lowest BCUT2D eigenvalue weighted by Gasteiger charge is -2.44. The van der Waals surface area contributed by atoms with Gasteiger partial charge in [0, 0.05) is 37.2 Å². The molecule has 1 N–H and O–H groups in total. The van der Waals surface area contributed by atoms with E-state index in [1.807, 2.05) is 77.7 Å². The largest absolute Gasteiger partial charge is 0.385 e. The number of benzene rings is 4. The Bertz CT molecular complexity index is 1550. The van der Waals surface area contributed by atoms with Gasteiger partial charge in [-0.2, -0.15) is 0 Å². The summed E-state index contributed by atoms with van der Waals surface area (Å²) < 4.78 is 0. The van der Waals surface area contributed by atoms with Gasteiger partial charge in [-0.15, -0.1) is 0 Å². The fourth-order valence-electron chi connectivity index (χ4n) is 7.04. The van der Waals surface area contributed by atoms with E-state index in [1.54, 1.807) is 0 Å². The second-order valence-electron chi connectivity index (χ2n) is 12.1. The van der Waals surface area contributed by atoms with Crippen LogP contribution < -0.4 is 0 Å². The van der Waals surface area contributed by atoms with Crippen LogP contribution in [0.15, 0.2) is 91.0 Å². The Hall–Kier alpha value is -2.89. The van der Waals surface area contributed by atoms with Crippen LogP contribution in [0, 0.1) is 0 Å². The molecule has 0 spiro atoms. The van der Waals surface area contributed by atoms with Crippen molar-refractivity contribution in [3.8, 4) is 0 Å². The Morgan fingerprint density at radius 3 is 2.26 bits per heavy atom. The molecule has 6 heteroatoms. The summed E-state index contributed by atoms with van der Waals surface area (Å²) in [6.07, 6.45) is 5.37. The van der Waals surface area contributed by atoms with Crippen molar-refractivity contribution in [2.75, 3.05) is 32.7 Å². The summed E-state index contributed by atoms with van der Waals surface area (Å²) in [5.41, 5.74) is 1.97. The third-order valence-electron chi connectivity index (χ3n) is 9.52. The fourth-order valence-corrected chi connectivity index (χ4v) is 7.34. The normalized spacial score (nSPS) is 21.0. The Morgan fingerprint density at radius 2 is 1.50 bits per heavy atom. The van der Waals surface area contributed by atoms with Gasteiger partial charge in [0.15, 0.2) is 0 Å². The SMILES string of the molecule is O=C(c1ccc2ccccc2c1)N1CCC[C@](CCCN2CCC(O)(c3ccccc3)CC2)(c2ccc(Cl)c(Cl)c2)C1. The second-order valence-corrected chi connectivity index (χ2v) is 13.0. The summed E-state index contributed by atoms with van der Waals surface area (Å²) in [6, 6.07) is 30.2. The number of nitrogens with zero attached hydrogens (tertiary/aromatic N) is 2. The van der Waals surface area contributed by atoms with E-state index in [-0.39, 0.29) is 11.3 Å². The maximum absolute atomic E-state index is 13.8. The number of fused-ring (bicyclic) bond motifs is 1. The Kier molecular flexibility index (Phi) is 8.61. The van der Waals surface area contributed by atoms with Crippen molar-refractivity contribution in [3.63, 3.8) is 0 Å². The molecule has 0 aromatic heterocycles. The first kappa shape index (κ1) is 29.2. The lowest BCUT2D eigenvalue weighted by Crippen LogP contribution is -2.49. The van der Waals surface area contributed by atoms with Crippen LogP contribution in [-0.2, 0) is 11.0 Å². The number of likely N-dealkylation sites (tertiary alicyclic amines) is 2. The molecule has 4 aromatic carbocycles. The molecule has 0 aliphatic carbocycles. The Morgan fingerprint density at radius 1 is 0.762 bits per heavy atom. The van der Waals surface area contributed by atoms with E-state index >= 15 is 0 Å². The molecule has 218 valence electrons. The molecule has 2 aliphatic heterocycles. The summed E-state index contributed by atoms with van der Waals surface area (Å²) in [7, 11) is 0. The lowest BCUT2D eigenvalue weighted by molar-refractivity contribution is -0.0265. The molecule has 6 rings (SSSR count). The third-order valence-corrected chi connectivity index (χ3v) is 10.3. The standard InChI is InChI=1S/C36H38Cl2N2O2/c37-32-15-14-31(25-33(32)38)35(16-6-20-39-22-18-36(42,19-23-39)30-10-2-1-3-11-30)17-7-21-40(26-35)34(41)29-13-12-27-8-4-5-9-28(27)24-29/h1-5,8-15,24-25,42H,6-7,16-23,26H2/t35-/m0/s1. The van der Waals surface area contributed by atoms with Crippen LogP contribution in [0.1, 0.15) is 60.0 Å². The number of piperidine rings is 2. The molecule has 2 heterocycles. The van der Waals surface area contributed by atoms with Gasteiger partial charge in [-0.1, -0.05) is 89.9 Å². The molecule has 4 nitrogen and oxygen atoms in total. The highest BCUT2D eigenvalue weighted by molar-refractivity contribution is 6.42. The Balaban J connectivity index is 1.17. The maximum atomic E-state index is 13.8. The number of rotatable bonds is 7. The second kappa shape index (κ2) is 12.4. The fraction of sp³-hybridized carbons (Fsp3) is 0.361. The predicted octanol–water partition coefficient (Wildman–Crippen LogP) is 8.08. The van der Waals surface area contributed by atoms with Gasteiger partial charge in [0.2, 0.25) is 0 Å². The van der Waals surface area contributed by atoms with Gasteiger partial charge in [0.25, 0.3) is 5.91 Å². The van der Waals surface area contributed by atoms with E-state index in [1.165, 1.54) is 0 Å². The molecule has 0 bridgehead atoms. The number of halogens is 2. The molecule has 1 atom stereocenters. The van der Waals surface area contributed by atoms with E-state index in [0.29, 0.717) is 16.6 Å². The highest BCUT2D eigenvalue weighted by Gasteiger charge is 2.39. The highest BCUT2D eigenvalue weighted by Crippen LogP contribution is 2.41. The molecule has 2 saturated heterocycles. The summed E-state index contributed by atoms with van der Waals surface area (Å²) in [5.74, 6) is 0.0844. The molecule has 0 radical (unpaired) electrons. The van der Waals surface area contributed by atoms with Crippen molar-refractivity contribution >= 4 is 39.9 Å². The van der Waals surface area contributed by atoms with Crippen molar-refractivity contribution in [1.82, 2.24) is 9.80 Å². The first-order valence-electron chi connectivity index (χ1n) is 15.1. The molecular formula is C36H38Cl2N2O2. The van der Waals surface area contributed by atoms with Crippen molar-refractivity contribution in [1.29, 1.82) is 0 Å². The predicted molar refractivity (Wildman–Crippen MR) is 172 cm³/mol. The minimum Gasteiger partial charge on any atom is -0.385 e. The zero-order chi connectivity index (χ0) is 29.2. The van der Waals surface area contributed by atoms with Crippen molar-refractivity contribution in [2.24, 2.45) is 0 Å². The van der Waals surface area contributed by atoms with Crippen LogP contribution in [0.3, 0.4) is 0 Å². The van der Waals surface area contributed by atoms with Crippen LogP contribution in [-0.4, -0.2) is 53.5 Å². The van der Waals surface area contributed by atoms with Gasteiger partial charge in [0.1, 0.15) is 0 Å². The molecule has 42 heavy (non-hydrogen) atoms. The van der Waals surface area contributed by atoms with Gasteiger partial charge in [0.05, 0.1) is 15.6 Å². The number of carbonyl (C=O) groups excluding carboxylic acids is 1. The van der Waals surface area contributed by atoms with E-state index in [0.717, 1.165) is 92.2 Å². The quantitative estimate of drug-likeness (QED) is 0.233. The lowest BCUT2D eigenvalue weighted by atomic mass is 9.70. The number of aliphatic hydroxyl groups is 1. The summed E-state index contributed by atoms with van der Waals surface area (Å²) in [5, 5.41) is 14.6. The highest BCUT2D eigenvalue weighted by atomic mass is 35.5. The molecule has 2 aliphatic rings. The van der Waals surface area contributed by atoms with Crippen LogP contribution >= 0.6 is 23.2 Å². The first-order valence-corrected chi connectivity index (χ1v) is 15.8. The van der Waals surface area contributed by atoms with Crippen LogP contribution in [0.25, 0.3) is 10.8 Å². The van der Waals surface area contributed by atoms with Gasteiger partial charge in [-0.05, 0) is 91.2 Å². The summed E-state index contributed by atoms with van der Waals surface area (Å²) >= 11 is 12.9. The molecule has 2 fully saturated rings. The molecular weight excluding hydrogens is 563 g/mol. The maximum Gasteiger partial charge on any atom is 0.253 e. The van der Waals surface area contributed by atoms with Crippen molar-refractivity contribution < 1.29 is 9.90 Å². The first-order chi connectivity index (χ1) is 20.4. The minimum absolute atomic E-state index is 0.0844. The monoisotopic (exact) mass is 600 g/mol. The van der Waals surface area contributed by atoms with Gasteiger partial charge < -0.3 is 14.9 Å². The van der Waals surface area contributed by atoms with E-state index < -0.39 is 5.60 Å². The van der Waals surface area contributed by atoms with Crippen LogP contribution in [0.4, 0.5) is 0 Å². The van der Waals surface area contributed by atoms with E-state index in [9.17, 15) is 9.90 Å². The van der Waals surface area contributed by atoms with Crippen molar-refractivity contribution in [2.45, 2.75) is 49.5 Å². The molecule has 0 unspecified atom stereocenters. The minimum atomic E-state index is -0.744.